The molecule has 3 aromatic carbocycles. The Balaban J connectivity index is 1.35. The first-order valence-corrected chi connectivity index (χ1v) is 12.0. The lowest BCUT2D eigenvalue weighted by Gasteiger charge is -2.11. The Bertz CT molecular complexity index is 1330. The summed E-state index contributed by atoms with van der Waals surface area (Å²) in [7, 11) is 0. The van der Waals surface area contributed by atoms with Crippen molar-refractivity contribution in [3.05, 3.63) is 114 Å². The summed E-state index contributed by atoms with van der Waals surface area (Å²) in [4.78, 5) is 4.43. The number of halogens is 4. The molecule has 0 spiro atoms. The molecule has 4 aromatic rings. The Labute approximate surface area is 213 Å². The number of nitrogens with zero attached hydrogens (tertiary/aromatic N) is 1. The van der Waals surface area contributed by atoms with Gasteiger partial charge in [0.2, 0.25) is 0 Å². The van der Waals surface area contributed by atoms with Gasteiger partial charge in [0.15, 0.2) is 6.61 Å². The van der Waals surface area contributed by atoms with Crippen molar-refractivity contribution in [1.82, 2.24) is 4.98 Å². The maximum absolute atomic E-state index is 15.2. The van der Waals surface area contributed by atoms with Gasteiger partial charge in [-0.3, -0.25) is 4.98 Å². The maximum atomic E-state index is 15.2. The number of aryl methyl sites for hydroxylation is 4. The molecule has 3 nitrogen and oxygen atoms in total. The zero-order valence-corrected chi connectivity index (χ0v) is 20.2. The summed E-state index contributed by atoms with van der Waals surface area (Å²) >= 11 is 0. The van der Waals surface area contributed by atoms with Crippen molar-refractivity contribution in [3.63, 3.8) is 0 Å². The minimum absolute atomic E-state index is 0.152. The summed E-state index contributed by atoms with van der Waals surface area (Å²) in [5.41, 5.74) is 3.54. The largest absolute Gasteiger partial charge is 0.488 e. The van der Waals surface area contributed by atoms with Crippen LogP contribution in [0.2, 0.25) is 0 Å². The number of fused-ring (bicyclic) bond motifs is 1. The SMILES string of the molecule is C=CCOc1ccc(CCc2ccc3c(F)c(CCc4ccc(OCC(F)(F)F)cc4)ccc3c2)nc1. The highest BCUT2D eigenvalue weighted by Gasteiger charge is 2.28. The van der Waals surface area contributed by atoms with Crippen LogP contribution in [-0.4, -0.2) is 24.4 Å². The van der Waals surface area contributed by atoms with Crippen molar-refractivity contribution < 1.29 is 27.0 Å². The smallest absolute Gasteiger partial charge is 0.422 e. The number of alkyl halides is 3. The molecule has 0 atom stereocenters. The molecule has 0 saturated carbocycles. The molecule has 0 saturated heterocycles. The van der Waals surface area contributed by atoms with E-state index in [1.54, 1.807) is 30.5 Å². The van der Waals surface area contributed by atoms with Gasteiger partial charge >= 0.3 is 6.18 Å². The van der Waals surface area contributed by atoms with Gasteiger partial charge in [-0.05, 0) is 72.0 Å². The topological polar surface area (TPSA) is 31.4 Å². The fourth-order valence-corrected chi connectivity index (χ4v) is 4.00. The van der Waals surface area contributed by atoms with E-state index in [0.717, 1.165) is 35.0 Å². The number of aromatic nitrogens is 1. The number of benzene rings is 3. The molecular weight excluding hydrogens is 482 g/mol. The summed E-state index contributed by atoms with van der Waals surface area (Å²) < 4.78 is 62.2. The Hall–Kier alpha value is -3.87. The predicted octanol–water partition coefficient (Wildman–Crippen LogP) is 7.45. The lowest BCUT2D eigenvalue weighted by atomic mass is 9.98. The van der Waals surface area contributed by atoms with Gasteiger partial charge in [0, 0.05) is 11.1 Å². The number of hydrogen-bond donors (Lipinski definition) is 0. The predicted molar refractivity (Wildman–Crippen MR) is 137 cm³/mol. The van der Waals surface area contributed by atoms with Crippen LogP contribution in [0.25, 0.3) is 10.8 Å². The van der Waals surface area contributed by atoms with Crippen molar-refractivity contribution in [2.24, 2.45) is 0 Å². The van der Waals surface area contributed by atoms with Crippen molar-refractivity contribution in [2.45, 2.75) is 31.9 Å². The minimum Gasteiger partial charge on any atom is -0.488 e. The average molecular weight is 510 g/mol. The quantitative estimate of drug-likeness (QED) is 0.155. The van der Waals surface area contributed by atoms with Crippen LogP contribution in [0, 0.1) is 5.82 Å². The number of ether oxygens (including phenoxy) is 2. The summed E-state index contributed by atoms with van der Waals surface area (Å²) in [6.07, 6.45) is 1.58. The van der Waals surface area contributed by atoms with E-state index in [4.69, 9.17) is 9.47 Å². The van der Waals surface area contributed by atoms with Gasteiger partial charge in [-0.2, -0.15) is 13.2 Å². The molecule has 0 N–H and O–H groups in total. The first kappa shape index (κ1) is 26.2. The molecule has 4 rings (SSSR count). The standard InChI is InChI=1S/C30H27F4NO2/c1-2-17-36-27-15-12-25(35-19-27)11-4-22-7-16-28-24(18-22)10-9-23(29(28)31)8-3-21-5-13-26(14-6-21)37-20-30(32,33)34/h2,5-7,9-10,12-16,18-19H,1,3-4,8,11,17,20H2. The van der Waals surface area contributed by atoms with Gasteiger partial charge in [-0.1, -0.05) is 55.1 Å². The third-order valence-electron chi connectivity index (χ3n) is 5.94. The zero-order valence-electron chi connectivity index (χ0n) is 20.2. The van der Waals surface area contributed by atoms with E-state index in [0.29, 0.717) is 36.1 Å². The zero-order chi connectivity index (χ0) is 26.3. The van der Waals surface area contributed by atoms with E-state index >= 15 is 4.39 Å². The second-order valence-electron chi connectivity index (χ2n) is 8.73. The average Bonchev–Trinajstić information content (AvgIpc) is 2.90. The molecule has 1 aromatic heterocycles. The highest BCUT2D eigenvalue weighted by molar-refractivity contribution is 5.84. The fourth-order valence-electron chi connectivity index (χ4n) is 4.00. The fraction of sp³-hybridized carbons (Fsp3) is 0.233. The van der Waals surface area contributed by atoms with Gasteiger partial charge in [-0.25, -0.2) is 4.39 Å². The normalized spacial score (nSPS) is 11.5. The highest BCUT2D eigenvalue weighted by atomic mass is 19.4. The summed E-state index contributed by atoms with van der Waals surface area (Å²) in [5.74, 6) is 0.609. The van der Waals surface area contributed by atoms with Crippen molar-refractivity contribution in [3.8, 4) is 11.5 Å². The minimum atomic E-state index is -4.38. The van der Waals surface area contributed by atoms with Crippen molar-refractivity contribution in [1.29, 1.82) is 0 Å². The van der Waals surface area contributed by atoms with Crippen LogP contribution in [0.1, 0.15) is 22.4 Å². The van der Waals surface area contributed by atoms with Crippen molar-refractivity contribution in [2.75, 3.05) is 13.2 Å². The Morgan fingerprint density at radius 3 is 2.22 bits per heavy atom. The number of pyridine rings is 1. The van der Waals surface area contributed by atoms with E-state index < -0.39 is 12.8 Å². The molecule has 0 aliphatic heterocycles. The molecule has 37 heavy (non-hydrogen) atoms. The molecule has 0 fully saturated rings. The summed E-state index contributed by atoms with van der Waals surface area (Å²) in [5, 5.41) is 1.41. The van der Waals surface area contributed by atoms with E-state index in [1.807, 2.05) is 36.4 Å². The van der Waals surface area contributed by atoms with E-state index in [1.165, 1.54) is 12.1 Å². The third kappa shape index (κ3) is 7.56. The first-order chi connectivity index (χ1) is 17.8. The Morgan fingerprint density at radius 1 is 0.784 bits per heavy atom. The second kappa shape index (κ2) is 11.9. The molecule has 0 aliphatic carbocycles. The molecule has 0 bridgehead atoms. The van der Waals surface area contributed by atoms with Crippen LogP contribution in [0.4, 0.5) is 17.6 Å². The van der Waals surface area contributed by atoms with Crippen molar-refractivity contribution >= 4 is 10.8 Å². The number of hydrogen-bond acceptors (Lipinski definition) is 3. The molecule has 192 valence electrons. The highest BCUT2D eigenvalue weighted by Crippen LogP contribution is 2.25. The van der Waals surface area contributed by atoms with Gasteiger partial charge < -0.3 is 9.47 Å². The second-order valence-corrected chi connectivity index (χ2v) is 8.73. The third-order valence-corrected chi connectivity index (χ3v) is 5.94. The molecule has 0 aliphatic rings. The lowest BCUT2D eigenvalue weighted by Crippen LogP contribution is -2.19. The van der Waals surface area contributed by atoms with Gasteiger partial charge in [0.25, 0.3) is 0 Å². The lowest BCUT2D eigenvalue weighted by molar-refractivity contribution is -0.153. The summed E-state index contributed by atoms with van der Waals surface area (Å²) in [6.45, 7) is 2.73. The Morgan fingerprint density at radius 2 is 1.51 bits per heavy atom. The van der Waals surface area contributed by atoms with E-state index in [2.05, 4.69) is 11.6 Å². The molecule has 7 heteroatoms. The van der Waals surface area contributed by atoms with Crippen LogP contribution in [0.15, 0.2) is 85.6 Å². The van der Waals surface area contributed by atoms with Crippen LogP contribution in [0.5, 0.6) is 11.5 Å². The van der Waals surface area contributed by atoms with E-state index in [9.17, 15) is 13.2 Å². The van der Waals surface area contributed by atoms with E-state index in [-0.39, 0.29) is 11.6 Å². The van der Waals surface area contributed by atoms with Gasteiger partial charge in [0.1, 0.15) is 23.9 Å². The maximum Gasteiger partial charge on any atom is 0.422 e. The Kier molecular flexibility index (Phi) is 8.43. The number of rotatable bonds is 11. The van der Waals surface area contributed by atoms with Crippen LogP contribution in [0.3, 0.4) is 0 Å². The molecular formula is C30H27F4NO2. The van der Waals surface area contributed by atoms with Gasteiger partial charge in [0.05, 0.1) is 6.20 Å². The van der Waals surface area contributed by atoms with Crippen LogP contribution in [-0.2, 0) is 25.7 Å². The molecule has 0 radical (unpaired) electrons. The molecule has 1 heterocycles. The van der Waals surface area contributed by atoms with Gasteiger partial charge in [-0.15, -0.1) is 0 Å². The molecule has 0 unspecified atom stereocenters. The summed E-state index contributed by atoms with van der Waals surface area (Å²) in [6, 6.07) is 19.7. The first-order valence-electron chi connectivity index (χ1n) is 12.0. The monoisotopic (exact) mass is 509 g/mol. The van der Waals surface area contributed by atoms with Crippen LogP contribution < -0.4 is 9.47 Å². The molecule has 0 amide bonds. The van der Waals surface area contributed by atoms with Crippen LogP contribution >= 0.6 is 0 Å².